The molecule has 5 fully saturated rings. The number of likely N-dealkylation sites (N-methyl/N-ethyl adjacent to an activating group) is 1. The summed E-state index contributed by atoms with van der Waals surface area (Å²) in [7, 11) is 0. The monoisotopic (exact) mass is 589 g/mol. The molecule has 0 radical (unpaired) electrons. The van der Waals surface area contributed by atoms with Crippen LogP contribution in [-0.4, -0.2) is 87.7 Å². The lowest BCUT2D eigenvalue weighted by molar-refractivity contribution is -0.146. The van der Waals surface area contributed by atoms with E-state index in [-0.39, 0.29) is 30.6 Å². The molecule has 4 aliphatic carbocycles. The van der Waals surface area contributed by atoms with Gasteiger partial charge in [-0.3, -0.25) is 25.5 Å². The molecule has 0 aromatic rings. The SMILES string of the molecule is CCN(CC)CCOC1CCC(NC2NCC(C3CCC(C(=O)NCC(=O)OCC4CC5CCC4C5)CC3)CN2)CC1. The molecule has 3 unspecified atom stereocenters. The number of rotatable bonds is 14. The van der Waals surface area contributed by atoms with Gasteiger partial charge in [0, 0.05) is 31.6 Å². The highest BCUT2D eigenvalue weighted by Crippen LogP contribution is 2.48. The zero-order valence-corrected chi connectivity index (χ0v) is 26.4. The normalized spacial score (nSPS) is 36.7. The van der Waals surface area contributed by atoms with E-state index in [1.807, 2.05) is 0 Å². The van der Waals surface area contributed by atoms with Crippen molar-refractivity contribution in [2.24, 2.45) is 35.5 Å². The summed E-state index contributed by atoms with van der Waals surface area (Å²) in [6.45, 7) is 11.1. The number of fused-ring (bicyclic) bond motifs is 2. The summed E-state index contributed by atoms with van der Waals surface area (Å²) in [6, 6.07) is 0.540. The van der Waals surface area contributed by atoms with Crippen LogP contribution in [0.4, 0.5) is 0 Å². The van der Waals surface area contributed by atoms with Gasteiger partial charge in [-0.05, 0) is 113 Å². The van der Waals surface area contributed by atoms with Crippen molar-refractivity contribution in [3.8, 4) is 0 Å². The first-order valence-electron chi connectivity index (χ1n) is 17.5. The second kappa shape index (κ2) is 16.2. The summed E-state index contributed by atoms with van der Waals surface area (Å²) in [5.41, 5.74) is 0. The fourth-order valence-corrected chi connectivity index (χ4v) is 8.64. The predicted molar refractivity (Wildman–Crippen MR) is 165 cm³/mol. The fourth-order valence-electron chi connectivity index (χ4n) is 8.64. The molecule has 1 amide bonds. The molecule has 0 aromatic heterocycles. The molecule has 1 saturated heterocycles. The van der Waals surface area contributed by atoms with Crippen LogP contribution in [0.3, 0.4) is 0 Å². The number of hydrogen-bond donors (Lipinski definition) is 4. The third kappa shape index (κ3) is 9.13. The van der Waals surface area contributed by atoms with E-state index in [1.165, 1.54) is 38.5 Å². The minimum absolute atomic E-state index is 0.00969. The highest BCUT2D eigenvalue weighted by molar-refractivity contribution is 5.83. The lowest BCUT2D eigenvalue weighted by atomic mass is 9.75. The van der Waals surface area contributed by atoms with E-state index in [0.29, 0.717) is 36.5 Å². The Labute approximate surface area is 254 Å². The Bertz CT molecular complexity index is 832. The smallest absolute Gasteiger partial charge is 0.325 e. The predicted octanol–water partition coefficient (Wildman–Crippen LogP) is 3.24. The van der Waals surface area contributed by atoms with Gasteiger partial charge in [-0.25, -0.2) is 0 Å². The number of amides is 1. The van der Waals surface area contributed by atoms with Crippen LogP contribution in [0.15, 0.2) is 0 Å². The fraction of sp³-hybridized carbons (Fsp3) is 0.939. The van der Waals surface area contributed by atoms with Crippen LogP contribution < -0.4 is 21.3 Å². The molecule has 1 heterocycles. The second-order valence-electron chi connectivity index (χ2n) is 14.0. The molecule has 0 aromatic carbocycles. The zero-order valence-electron chi connectivity index (χ0n) is 26.4. The maximum Gasteiger partial charge on any atom is 0.325 e. The largest absolute Gasteiger partial charge is 0.464 e. The van der Waals surface area contributed by atoms with Gasteiger partial charge in [-0.1, -0.05) is 20.3 Å². The van der Waals surface area contributed by atoms with Gasteiger partial charge < -0.3 is 19.7 Å². The van der Waals surface area contributed by atoms with E-state index in [1.54, 1.807) is 0 Å². The summed E-state index contributed by atoms with van der Waals surface area (Å²) in [4.78, 5) is 27.4. The van der Waals surface area contributed by atoms with Crippen LogP contribution in [-0.2, 0) is 19.1 Å². The standard InChI is InChI=1S/C33H59N5O4/c1-3-38(4-2)15-16-41-30-13-11-29(12-14-30)37-33-35-19-28(20-36-33)24-7-9-25(10-8-24)32(40)34-21-31(39)42-22-27-18-23-5-6-26(27)17-23/h23-30,33,35-37H,3-22H2,1-2H3,(H,34,40). The number of carbonyl (C=O) groups is 2. The van der Waals surface area contributed by atoms with Gasteiger partial charge >= 0.3 is 5.97 Å². The molecule has 4 N–H and O–H groups in total. The molecule has 1 aliphatic heterocycles. The number of carbonyl (C=O) groups excluding carboxylic acids is 2. The summed E-state index contributed by atoms with van der Waals surface area (Å²) in [6.07, 6.45) is 14.4. The van der Waals surface area contributed by atoms with E-state index >= 15 is 0 Å². The average Bonchev–Trinajstić information content (AvgIpc) is 3.66. The molecule has 9 nitrogen and oxygen atoms in total. The van der Waals surface area contributed by atoms with Gasteiger partial charge in [0.15, 0.2) is 0 Å². The molecular weight excluding hydrogens is 530 g/mol. The Morgan fingerprint density at radius 2 is 1.55 bits per heavy atom. The molecule has 2 bridgehead atoms. The van der Waals surface area contributed by atoms with Crippen molar-refractivity contribution in [1.29, 1.82) is 0 Å². The molecular formula is C33H59N5O4. The lowest BCUT2D eigenvalue weighted by Crippen LogP contribution is -2.63. The van der Waals surface area contributed by atoms with Crippen LogP contribution in [0.25, 0.3) is 0 Å². The molecule has 0 spiro atoms. The Hall–Kier alpha value is -1.26. The minimum Gasteiger partial charge on any atom is -0.464 e. The van der Waals surface area contributed by atoms with E-state index in [2.05, 4.69) is 40.0 Å². The Balaban J connectivity index is 0.895. The van der Waals surface area contributed by atoms with Crippen molar-refractivity contribution in [3.05, 3.63) is 0 Å². The minimum atomic E-state index is -0.283. The van der Waals surface area contributed by atoms with Crippen molar-refractivity contribution in [1.82, 2.24) is 26.2 Å². The van der Waals surface area contributed by atoms with Crippen LogP contribution >= 0.6 is 0 Å². The van der Waals surface area contributed by atoms with E-state index in [4.69, 9.17) is 9.47 Å². The third-order valence-electron chi connectivity index (χ3n) is 11.5. The number of hydrogen-bond acceptors (Lipinski definition) is 8. The molecule has 4 saturated carbocycles. The summed E-state index contributed by atoms with van der Waals surface area (Å²) in [5.74, 6) is 3.16. The summed E-state index contributed by atoms with van der Waals surface area (Å²) in [5, 5.41) is 14.1. The molecule has 5 aliphatic rings. The molecule has 3 atom stereocenters. The van der Waals surface area contributed by atoms with Gasteiger partial charge in [0.05, 0.1) is 19.3 Å². The van der Waals surface area contributed by atoms with Gasteiger partial charge in [0.1, 0.15) is 12.8 Å². The maximum atomic E-state index is 12.7. The van der Waals surface area contributed by atoms with Crippen LogP contribution in [0.1, 0.15) is 90.9 Å². The molecule has 9 heteroatoms. The lowest BCUT2D eigenvalue weighted by Gasteiger charge is -2.40. The molecule has 5 rings (SSSR count). The number of nitrogens with zero attached hydrogens (tertiary/aromatic N) is 1. The maximum absolute atomic E-state index is 12.7. The van der Waals surface area contributed by atoms with Gasteiger partial charge in [-0.2, -0.15) is 0 Å². The number of nitrogens with one attached hydrogen (secondary N) is 4. The van der Waals surface area contributed by atoms with Gasteiger partial charge in [0.25, 0.3) is 0 Å². The topological polar surface area (TPSA) is 104 Å². The van der Waals surface area contributed by atoms with Crippen molar-refractivity contribution in [3.63, 3.8) is 0 Å². The first-order chi connectivity index (χ1) is 20.5. The van der Waals surface area contributed by atoms with Crippen molar-refractivity contribution < 1.29 is 19.1 Å². The Morgan fingerprint density at radius 3 is 2.19 bits per heavy atom. The zero-order chi connectivity index (χ0) is 29.3. The number of ether oxygens (including phenoxy) is 2. The van der Waals surface area contributed by atoms with E-state index < -0.39 is 0 Å². The number of esters is 1. The van der Waals surface area contributed by atoms with Crippen LogP contribution in [0.5, 0.6) is 0 Å². The van der Waals surface area contributed by atoms with Gasteiger partial charge in [-0.15, -0.1) is 0 Å². The van der Waals surface area contributed by atoms with Crippen molar-refractivity contribution >= 4 is 11.9 Å². The molecule has 240 valence electrons. The third-order valence-corrected chi connectivity index (χ3v) is 11.5. The first kappa shape index (κ1) is 32.1. The van der Waals surface area contributed by atoms with Crippen LogP contribution in [0.2, 0.25) is 0 Å². The first-order valence-corrected chi connectivity index (χ1v) is 17.5. The van der Waals surface area contributed by atoms with Crippen molar-refractivity contribution in [2.45, 2.75) is 109 Å². The average molecular weight is 590 g/mol. The summed E-state index contributed by atoms with van der Waals surface area (Å²) >= 11 is 0. The van der Waals surface area contributed by atoms with Gasteiger partial charge in [0.2, 0.25) is 5.91 Å². The van der Waals surface area contributed by atoms with Crippen molar-refractivity contribution in [2.75, 3.05) is 52.5 Å². The molecule has 42 heavy (non-hydrogen) atoms. The quantitative estimate of drug-likeness (QED) is 0.229. The Morgan fingerprint density at radius 1 is 0.833 bits per heavy atom. The van der Waals surface area contributed by atoms with E-state index in [0.717, 1.165) is 89.7 Å². The summed E-state index contributed by atoms with van der Waals surface area (Å²) < 4.78 is 11.7. The highest BCUT2D eigenvalue weighted by atomic mass is 16.5. The second-order valence-corrected chi connectivity index (χ2v) is 14.0. The van der Waals surface area contributed by atoms with Crippen LogP contribution in [0, 0.1) is 35.5 Å². The Kier molecular flexibility index (Phi) is 12.4. The highest BCUT2D eigenvalue weighted by Gasteiger charge is 2.40. The van der Waals surface area contributed by atoms with E-state index in [9.17, 15) is 9.59 Å².